The van der Waals surface area contributed by atoms with Gasteiger partial charge in [0.1, 0.15) is 15.6 Å². The van der Waals surface area contributed by atoms with E-state index in [4.69, 9.17) is 0 Å². The molecular formula is C11H12N4O3S2. The van der Waals surface area contributed by atoms with Crippen LogP contribution in [0.25, 0.3) is 0 Å². The van der Waals surface area contributed by atoms with Crippen molar-refractivity contribution in [3.8, 4) is 0 Å². The number of hydrogen-bond acceptors (Lipinski definition) is 7. The summed E-state index contributed by atoms with van der Waals surface area (Å²) in [6.07, 6.45) is 3.97. The largest absolute Gasteiger partial charge is 0.344 e. The molecule has 1 amide bonds. The van der Waals surface area contributed by atoms with Crippen LogP contribution in [-0.4, -0.2) is 35.0 Å². The Labute approximate surface area is 120 Å². The van der Waals surface area contributed by atoms with Crippen LogP contribution in [0.2, 0.25) is 0 Å². The van der Waals surface area contributed by atoms with Crippen molar-refractivity contribution in [2.75, 3.05) is 5.75 Å². The van der Waals surface area contributed by atoms with Crippen molar-refractivity contribution < 1.29 is 13.2 Å². The first kappa shape index (κ1) is 14.5. The lowest BCUT2D eigenvalue weighted by Crippen LogP contribution is -2.23. The van der Waals surface area contributed by atoms with E-state index in [1.807, 2.05) is 0 Å². The Hall–Kier alpha value is -1.87. The third-order valence-electron chi connectivity index (χ3n) is 2.48. The molecule has 2 aromatic rings. The molecule has 0 radical (unpaired) electrons. The van der Waals surface area contributed by atoms with E-state index in [0.29, 0.717) is 10.7 Å². The average Bonchev–Trinajstić information content (AvgIpc) is 2.99. The Bertz CT molecular complexity index is 681. The van der Waals surface area contributed by atoms with Crippen LogP contribution in [-0.2, 0) is 16.4 Å². The third kappa shape index (κ3) is 3.36. The zero-order valence-corrected chi connectivity index (χ0v) is 12.2. The van der Waals surface area contributed by atoms with Crippen molar-refractivity contribution in [3.05, 3.63) is 34.8 Å². The molecule has 0 aliphatic rings. The first-order chi connectivity index (χ1) is 9.53. The highest BCUT2D eigenvalue weighted by Gasteiger charge is 2.13. The summed E-state index contributed by atoms with van der Waals surface area (Å²) >= 11 is 1.23. The Morgan fingerprint density at radius 3 is 2.55 bits per heavy atom. The van der Waals surface area contributed by atoms with Crippen LogP contribution in [0.15, 0.2) is 29.0 Å². The van der Waals surface area contributed by atoms with E-state index < -0.39 is 9.84 Å². The van der Waals surface area contributed by atoms with E-state index in [1.54, 1.807) is 12.4 Å². The van der Waals surface area contributed by atoms with Crippen molar-refractivity contribution in [3.63, 3.8) is 0 Å². The third-order valence-corrected chi connectivity index (χ3v) is 4.94. The van der Waals surface area contributed by atoms with Crippen LogP contribution >= 0.6 is 11.3 Å². The minimum Gasteiger partial charge on any atom is -0.344 e. The van der Waals surface area contributed by atoms with E-state index in [2.05, 4.69) is 20.3 Å². The van der Waals surface area contributed by atoms with Gasteiger partial charge in [0.15, 0.2) is 9.84 Å². The number of thiazole rings is 1. The minimum absolute atomic E-state index is 0.00216. The number of nitrogens with zero attached hydrogens (tertiary/aromatic N) is 3. The summed E-state index contributed by atoms with van der Waals surface area (Å²) in [5, 5.41) is 2.63. The summed E-state index contributed by atoms with van der Waals surface area (Å²) in [5.41, 5.74) is 1.57. The van der Waals surface area contributed by atoms with Crippen molar-refractivity contribution in [1.29, 1.82) is 0 Å². The molecular weight excluding hydrogens is 300 g/mol. The molecule has 1 N–H and O–H groups in total. The molecule has 0 saturated heterocycles. The molecule has 20 heavy (non-hydrogen) atoms. The van der Waals surface area contributed by atoms with Crippen LogP contribution in [0.5, 0.6) is 0 Å². The van der Waals surface area contributed by atoms with Gasteiger partial charge in [-0.25, -0.2) is 18.4 Å². The van der Waals surface area contributed by atoms with Gasteiger partial charge in [0.05, 0.1) is 24.0 Å². The van der Waals surface area contributed by atoms with Crippen molar-refractivity contribution >= 4 is 27.1 Å². The van der Waals surface area contributed by atoms with Crippen LogP contribution in [0.4, 0.5) is 0 Å². The highest BCUT2D eigenvalue weighted by molar-refractivity contribution is 7.91. The zero-order chi connectivity index (χ0) is 14.6. The van der Waals surface area contributed by atoms with Crippen LogP contribution in [0.1, 0.15) is 22.4 Å². The molecule has 0 aliphatic carbocycles. The van der Waals surface area contributed by atoms with Gasteiger partial charge in [-0.2, -0.15) is 0 Å². The van der Waals surface area contributed by atoms with E-state index in [0.717, 1.165) is 0 Å². The number of hydrogen-bond donors (Lipinski definition) is 1. The summed E-state index contributed by atoms with van der Waals surface area (Å²) in [6.45, 7) is 1.68. The topological polar surface area (TPSA) is 102 Å². The number of aromatic nitrogens is 3. The van der Waals surface area contributed by atoms with Crippen LogP contribution in [0.3, 0.4) is 0 Å². The summed E-state index contributed by atoms with van der Waals surface area (Å²) in [6, 6.07) is 0. The van der Waals surface area contributed by atoms with Gasteiger partial charge in [0.25, 0.3) is 5.91 Å². The summed E-state index contributed by atoms with van der Waals surface area (Å²) < 4.78 is 23.2. The second-order valence-electron chi connectivity index (χ2n) is 3.79. The lowest BCUT2D eigenvalue weighted by atomic mass is 10.4. The molecule has 0 saturated carbocycles. The molecule has 2 rings (SSSR count). The smallest absolute Gasteiger partial charge is 0.263 e. The lowest BCUT2D eigenvalue weighted by molar-refractivity contribution is 0.0953. The number of rotatable bonds is 5. The Morgan fingerprint density at radius 1 is 1.30 bits per heavy atom. The summed E-state index contributed by atoms with van der Waals surface area (Å²) in [5.74, 6) is 0.0805. The molecule has 106 valence electrons. The van der Waals surface area contributed by atoms with Crippen LogP contribution in [0, 0.1) is 0 Å². The Morgan fingerprint density at radius 2 is 2.00 bits per heavy atom. The highest BCUT2D eigenvalue weighted by Crippen LogP contribution is 2.08. The summed E-state index contributed by atoms with van der Waals surface area (Å²) in [7, 11) is -3.30. The molecule has 0 spiro atoms. The van der Waals surface area contributed by atoms with E-state index in [-0.39, 0.29) is 23.1 Å². The minimum atomic E-state index is -3.30. The zero-order valence-electron chi connectivity index (χ0n) is 10.6. The number of carbonyl (C=O) groups is 1. The van der Waals surface area contributed by atoms with Gasteiger partial charge in [0.2, 0.25) is 0 Å². The number of carbonyl (C=O) groups excluding carboxylic acids is 1. The monoisotopic (exact) mass is 312 g/mol. The maximum atomic E-state index is 11.7. The molecule has 9 heteroatoms. The molecule has 0 fully saturated rings. The van der Waals surface area contributed by atoms with E-state index >= 15 is 0 Å². The molecule has 2 aromatic heterocycles. The molecule has 0 aliphatic heterocycles. The maximum Gasteiger partial charge on any atom is 0.263 e. The van der Waals surface area contributed by atoms with Gasteiger partial charge in [-0.1, -0.05) is 6.92 Å². The van der Waals surface area contributed by atoms with Gasteiger partial charge < -0.3 is 5.32 Å². The predicted molar refractivity (Wildman–Crippen MR) is 73.0 cm³/mol. The molecule has 0 unspecified atom stereocenters. The normalized spacial score (nSPS) is 11.2. The van der Waals surface area contributed by atoms with Gasteiger partial charge >= 0.3 is 0 Å². The molecule has 0 bridgehead atoms. The van der Waals surface area contributed by atoms with Crippen molar-refractivity contribution in [2.24, 2.45) is 0 Å². The molecule has 0 atom stereocenters. The fraction of sp³-hybridized carbons (Fsp3) is 0.273. The lowest BCUT2D eigenvalue weighted by Gasteiger charge is -2.04. The average molecular weight is 312 g/mol. The SMILES string of the molecule is CCS(=O)(=O)c1cnc(CNC(=O)c2cncs2)nc1. The number of amides is 1. The highest BCUT2D eigenvalue weighted by atomic mass is 32.2. The maximum absolute atomic E-state index is 11.7. The van der Waals surface area contributed by atoms with Crippen molar-refractivity contribution in [1.82, 2.24) is 20.3 Å². The van der Waals surface area contributed by atoms with Crippen molar-refractivity contribution in [2.45, 2.75) is 18.4 Å². The van der Waals surface area contributed by atoms with Gasteiger partial charge in [0, 0.05) is 12.4 Å². The first-order valence-electron chi connectivity index (χ1n) is 5.73. The summed E-state index contributed by atoms with van der Waals surface area (Å²) in [4.78, 5) is 23.9. The molecule has 7 nitrogen and oxygen atoms in total. The quantitative estimate of drug-likeness (QED) is 0.870. The molecule has 0 aromatic carbocycles. The Balaban J connectivity index is 2.00. The van der Waals surface area contributed by atoms with Gasteiger partial charge in [-0.05, 0) is 0 Å². The second-order valence-corrected chi connectivity index (χ2v) is 6.95. The second kappa shape index (κ2) is 6.06. The fourth-order valence-corrected chi connectivity index (χ4v) is 2.63. The van der Waals surface area contributed by atoms with E-state index in [1.165, 1.54) is 29.9 Å². The van der Waals surface area contributed by atoms with E-state index in [9.17, 15) is 13.2 Å². The van der Waals surface area contributed by atoms with Gasteiger partial charge in [-0.15, -0.1) is 11.3 Å². The van der Waals surface area contributed by atoms with Crippen LogP contribution < -0.4 is 5.32 Å². The fourth-order valence-electron chi connectivity index (χ4n) is 1.34. The number of nitrogens with one attached hydrogen (secondary N) is 1. The van der Waals surface area contributed by atoms with Gasteiger partial charge in [-0.3, -0.25) is 9.78 Å². The number of sulfone groups is 1. The predicted octanol–water partition coefficient (Wildman–Crippen LogP) is 0.657. The molecule has 2 heterocycles. The standard InChI is InChI=1S/C11H12N4O3S2/c1-2-20(17,18)8-3-13-10(14-4-8)6-15-11(16)9-5-12-7-19-9/h3-5,7H,2,6H2,1H3,(H,15,16). The first-order valence-corrected chi connectivity index (χ1v) is 8.26. The Kier molecular flexibility index (Phi) is 4.40.